The normalized spacial score (nSPS) is 10.9. The van der Waals surface area contributed by atoms with Crippen molar-refractivity contribution < 1.29 is 9.53 Å². The van der Waals surface area contributed by atoms with E-state index in [1.165, 1.54) is 0 Å². The summed E-state index contributed by atoms with van der Waals surface area (Å²) in [5.74, 6) is 0.630. The Morgan fingerprint density at radius 3 is 2.75 bits per heavy atom. The van der Waals surface area contributed by atoms with Crippen molar-refractivity contribution >= 4 is 21.8 Å². The van der Waals surface area contributed by atoms with Crippen LogP contribution in [0.1, 0.15) is 33.7 Å². The van der Waals surface area contributed by atoms with Crippen molar-refractivity contribution in [2.24, 2.45) is 0 Å². The van der Waals surface area contributed by atoms with E-state index in [9.17, 15) is 4.79 Å². The molecule has 2 heterocycles. The second-order valence-electron chi connectivity index (χ2n) is 6.72. The third kappa shape index (κ3) is 5.22. The lowest BCUT2D eigenvalue weighted by Crippen LogP contribution is -2.26. The van der Waals surface area contributed by atoms with Crippen molar-refractivity contribution in [1.82, 2.24) is 24.9 Å². The minimum absolute atomic E-state index is 0.191. The minimum atomic E-state index is -0.191. The maximum absolute atomic E-state index is 12.2. The van der Waals surface area contributed by atoms with Gasteiger partial charge in [-0.2, -0.15) is 10.2 Å². The van der Waals surface area contributed by atoms with Crippen LogP contribution in [-0.4, -0.2) is 32.0 Å². The Kier molecular flexibility index (Phi) is 6.51. The van der Waals surface area contributed by atoms with Crippen LogP contribution in [0, 0.1) is 20.8 Å². The highest BCUT2D eigenvalue weighted by Crippen LogP contribution is 2.19. The van der Waals surface area contributed by atoms with Crippen molar-refractivity contribution in [2.75, 3.05) is 6.54 Å². The summed E-state index contributed by atoms with van der Waals surface area (Å²) < 4.78 is 10.3. The lowest BCUT2D eigenvalue weighted by Gasteiger charge is -2.09. The summed E-state index contributed by atoms with van der Waals surface area (Å²) in [6.07, 6.45) is 4.47. The molecule has 2 aromatic heterocycles. The molecule has 7 nitrogen and oxygen atoms in total. The van der Waals surface area contributed by atoms with E-state index in [0.29, 0.717) is 12.2 Å². The highest BCUT2D eigenvalue weighted by atomic mass is 79.9. The fourth-order valence-corrected chi connectivity index (χ4v) is 3.01. The molecular weight excluding hydrogens is 422 g/mol. The van der Waals surface area contributed by atoms with E-state index in [0.717, 1.165) is 40.0 Å². The number of carbonyl (C=O) groups excluding carboxylic acids is 1. The molecule has 0 radical (unpaired) electrons. The van der Waals surface area contributed by atoms with Crippen molar-refractivity contribution in [3.63, 3.8) is 0 Å². The van der Waals surface area contributed by atoms with Crippen molar-refractivity contribution in [3.05, 3.63) is 63.6 Å². The second kappa shape index (κ2) is 9.05. The Morgan fingerprint density at radius 2 is 2.00 bits per heavy atom. The number of hydrogen-bond donors (Lipinski definition) is 1. The lowest BCUT2D eigenvalue weighted by molar-refractivity contribution is 0.0945. The monoisotopic (exact) mass is 445 g/mol. The molecule has 0 atom stereocenters. The Bertz CT molecular complexity index is 944. The maximum Gasteiger partial charge on any atom is 0.271 e. The third-order valence-electron chi connectivity index (χ3n) is 4.31. The topological polar surface area (TPSA) is 74.0 Å². The molecule has 0 spiro atoms. The van der Waals surface area contributed by atoms with Gasteiger partial charge in [0.05, 0.1) is 10.2 Å². The van der Waals surface area contributed by atoms with Crippen molar-refractivity contribution in [3.8, 4) is 5.75 Å². The lowest BCUT2D eigenvalue weighted by atomic mass is 10.1. The van der Waals surface area contributed by atoms with Gasteiger partial charge in [0.15, 0.2) is 6.73 Å². The van der Waals surface area contributed by atoms with Gasteiger partial charge in [0.1, 0.15) is 11.4 Å². The molecule has 0 saturated heterocycles. The molecule has 3 rings (SSSR count). The number of hydrogen-bond acceptors (Lipinski definition) is 4. The summed E-state index contributed by atoms with van der Waals surface area (Å²) in [5.41, 5.74) is 3.54. The van der Waals surface area contributed by atoms with Crippen LogP contribution in [0.25, 0.3) is 0 Å². The zero-order valence-corrected chi connectivity index (χ0v) is 17.9. The van der Waals surface area contributed by atoms with Gasteiger partial charge in [-0.3, -0.25) is 9.48 Å². The number of aryl methyl sites for hydroxylation is 4. The molecule has 0 aliphatic heterocycles. The first-order chi connectivity index (χ1) is 13.4. The average molecular weight is 446 g/mol. The highest BCUT2D eigenvalue weighted by molar-refractivity contribution is 9.10. The van der Waals surface area contributed by atoms with Crippen LogP contribution >= 0.6 is 15.9 Å². The number of nitrogens with one attached hydrogen (secondary N) is 1. The van der Waals surface area contributed by atoms with Gasteiger partial charge < -0.3 is 10.1 Å². The zero-order chi connectivity index (χ0) is 20.1. The molecule has 0 fully saturated rings. The summed E-state index contributed by atoms with van der Waals surface area (Å²) in [4.78, 5) is 12.2. The van der Waals surface area contributed by atoms with Crippen LogP contribution in [0.3, 0.4) is 0 Å². The van der Waals surface area contributed by atoms with E-state index < -0.39 is 0 Å². The fraction of sp³-hybridized carbons (Fsp3) is 0.350. The Balaban J connectivity index is 1.45. The number of nitrogens with zero attached hydrogens (tertiary/aromatic N) is 4. The molecule has 0 bridgehead atoms. The van der Waals surface area contributed by atoms with Crippen LogP contribution in [0.2, 0.25) is 0 Å². The van der Waals surface area contributed by atoms with Gasteiger partial charge in [0.25, 0.3) is 5.91 Å². The Hall–Kier alpha value is -2.61. The molecule has 0 unspecified atom stereocenters. The van der Waals surface area contributed by atoms with E-state index in [1.54, 1.807) is 16.9 Å². The maximum atomic E-state index is 12.2. The number of rotatable bonds is 8. The summed E-state index contributed by atoms with van der Waals surface area (Å²) in [6.45, 7) is 7.52. The summed E-state index contributed by atoms with van der Waals surface area (Å²) in [5, 5.41) is 11.5. The first-order valence-electron chi connectivity index (χ1n) is 9.13. The molecule has 8 heteroatoms. The predicted molar refractivity (Wildman–Crippen MR) is 110 cm³/mol. The zero-order valence-electron chi connectivity index (χ0n) is 16.3. The standard InChI is InChI=1S/C20H24BrN5O2/c1-14-5-6-15(2)19(11-14)28-13-26-10-7-18(24-26)20(27)22-8-4-9-25-12-17(21)16(3)23-25/h5-7,10-12H,4,8-9,13H2,1-3H3,(H,22,27). The molecule has 0 aliphatic rings. The van der Waals surface area contributed by atoms with E-state index in [2.05, 4.69) is 31.4 Å². The van der Waals surface area contributed by atoms with Gasteiger partial charge in [-0.25, -0.2) is 4.68 Å². The number of halogens is 1. The molecule has 0 saturated carbocycles. The van der Waals surface area contributed by atoms with Crippen LogP contribution in [-0.2, 0) is 13.3 Å². The van der Waals surface area contributed by atoms with Gasteiger partial charge in [-0.1, -0.05) is 12.1 Å². The molecule has 148 valence electrons. The summed E-state index contributed by atoms with van der Waals surface area (Å²) in [7, 11) is 0. The van der Waals surface area contributed by atoms with Crippen LogP contribution in [0.4, 0.5) is 0 Å². The number of amides is 1. The third-order valence-corrected chi connectivity index (χ3v) is 5.08. The first kappa shape index (κ1) is 20.1. The summed E-state index contributed by atoms with van der Waals surface area (Å²) in [6, 6.07) is 7.75. The molecule has 28 heavy (non-hydrogen) atoms. The fourth-order valence-electron chi connectivity index (χ4n) is 2.69. The first-order valence-corrected chi connectivity index (χ1v) is 9.93. The Morgan fingerprint density at radius 1 is 1.18 bits per heavy atom. The minimum Gasteiger partial charge on any atom is -0.471 e. The van der Waals surface area contributed by atoms with E-state index in [4.69, 9.17) is 4.74 Å². The molecule has 0 aliphatic carbocycles. The number of ether oxygens (including phenoxy) is 1. The van der Waals surface area contributed by atoms with Crippen LogP contribution in [0.5, 0.6) is 5.75 Å². The molecule has 1 amide bonds. The van der Waals surface area contributed by atoms with Crippen molar-refractivity contribution in [2.45, 2.75) is 40.5 Å². The molecule has 1 N–H and O–H groups in total. The van der Waals surface area contributed by atoms with Crippen molar-refractivity contribution in [1.29, 1.82) is 0 Å². The molecular formula is C20H24BrN5O2. The van der Waals surface area contributed by atoms with Crippen LogP contribution < -0.4 is 10.1 Å². The van der Waals surface area contributed by atoms with Gasteiger partial charge in [-0.05, 0) is 66.4 Å². The average Bonchev–Trinajstić information content (AvgIpc) is 3.26. The quantitative estimate of drug-likeness (QED) is 0.537. The van der Waals surface area contributed by atoms with Crippen LogP contribution in [0.15, 0.2) is 41.1 Å². The second-order valence-corrected chi connectivity index (χ2v) is 7.57. The van der Waals surface area contributed by atoms with E-state index >= 15 is 0 Å². The van der Waals surface area contributed by atoms with E-state index in [-0.39, 0.29) is 12.6 Å². The summed E-state index contributed by atoms with van der Waals surface area (Å²) >= 11 is 3.44. The number of benzene rings is 1. The van der Waals surface area contributed by atoms with E-state index in [1.807, 2.05) is 49.8 Å². The number of carbonyl (C=O) groups is 1. The number of aromatic nitrogens is 4. The van der Waals surface area contributed by atoms with Gasteiger partial charge in [0.2, 0.25) is 0 Å². The van der Waals surface area contributed by atoms with Gasteiger partial charge in [0, 0.05) is 25.5 Å². The highest BCUT2D eigenvalue weighted by Gasteiger charge is 2.10. The Labute approximate surface area is 172 Å². The SMILES string of the molecule is Cc1ccc(C)c(OCn2ccc(C(=O)NCCCn3cc(Br)c(C)n3)n2)c1. The largest absolute Gasteiger partial charge is 0.471 e. The van der Waals surface area contributed by atoms with Gasteiger partial charge in [-0.15, -0.1) is 0 Å². The predicted octanol–water partition coefficient (Wildman–Crippen LogP) is 3.62. The van der Waals surface area contributed by atoms with Gasteiger partial charge >= 0.3 is 0 Å². The molecule has 3 aromatic rings. The smallest absolute Gasteiger partial charge is 0.271 e. The molecule has 1 aromatic carbocycles.